The summed E-state index contributed by atoms with van der Waals surface area (Å²) in [5, 5.41) is 18.7. The van der Waals surface area contributed by atoms with Crippen LogP contribution in [0.2, 0.25) is 0 Å². The van der Waals surface area contributed by atoms with Crippen LogP contribution in [-0.2, 0) is 13.6 Å². The number of hydrogen-bond donors (Lipinski definition) is 0. The predicted molar refractivity (Wildman–Crippen MR) is 126 cm³/mol. The summed E-state index contributed by atoms with van der Waals surface area (Å²) in [5.41, 5.74) is 3.75. The normalized spacial score (nSPS) is 11.2. The predicted octanol–water partition coefficient (Wildman–Crippen LogP) is 4.98. The van der Waals surface area contributed by atoms with Gasteiger partial charge < -0.3 is 4.74 Å². The van der Waals surface area contributed by atoms with Gasteiger partial charge in [-0.2, -0.15) is 10.5 Å². The van der Waals surface area contributed by atoms with Crippen molar-refractivity contribution in [1.29, 1.82) is 10.5 Å². The van der Waals surface area contributed by atoms with Crippen LogP contribution < -0.4 is 10.4 Å². The number of pyridine rings is 1. The smallest absolute Gasteiger partial charge is 0.328 e. The molecule has 0 fully saturated rings. The van der Waals surface area contributed by atoms with Crippen LogP contribution in [0.25, 0.3) is 22.2 Å². The summed E-state index contributed by atoms with van der Waals surface area (Å²) in [5.74, 6) is 0.785. The number of aryl methyl sites for hydroxylation is 1. The maximum atomic E-state index is 12.9. The van der Waals surface area contributed by atoms with Gasteiger partial charge >= 0.3 is 5.69 Å². The SMILES string of the molecule is Cn1c(=O)n(CC(C)(C)C)c2ccc(-c3cc(Oc4cccc(C#N)n4)ccc3C#N)cc21. The molecule has 164 valence electrons. The van der Waals surface area contributed by atoms with Crippen molar-refractivity contribution in [1.82, 2.24) is 14.1 Å². The lowest BCUT2D eigenvalue weighted by Crippen LogP contribution is -2.27. The molecule has 0 amide bonds. The van der Waals surface area contributed by atoms with E-state index in [1.165, 1.54) is 0 Å². The van der Waals surface area contributed by atoms with Crippen LogP contribution in [0.4, 0.5) is 0 Å². The number of fused-ring (bicyclic) bond motifs is 1. The first-order valence-corrected chi connectivity index (χ1v) is 10.5. The fraction of sp³-hybridized carbons (Fsp3) is 0.231. The summed E-state index contributed by atoms with van der Waals surface area (Å²) < 4.78 is 9.26. The molecule has 2 aromatic heterocycles. The first-order valence-electron chi connectivity index (χ1n) is 10.5. The van der Waals surface area contributed by atoms with Crippen molar-refractivity contribution in [3.8, 4) is 34.9 Å². The highest BCUT2D eigenvalue weighted by Gasteiger charge is 2.18. The van der Waals surface area contributed by atoms with Crippen molar-refractivity contribution < 1.29 is 4.74 Å². The first-order chi connectivity index (χ1) is 15.7. The van der Waals surface area contributed by atoms with Gasteiger partial charge in [0.1, 0.15) is 17.5 Å². The molecule has 0 aliphatic carbocycles. The van der Waals surface area contributed by atoms with Crippen LogP contribution in [0.1, 0.15) is 32.0 Å². The topological polar surface area (TPSA) is 96.6 Å². The van der Waals surface area contributed by atoms with E-state index in [0.29, 0.717) is 29.3 Å². The van der Waals surface area contributed by atoms with Gasteiger partial charge in [-0.3, -0.25) is 9.13 Å². The Kier molecular flexibility index (Phi) is 5.49. The summed E-state index contributed by atoms with van der Waals surface area (Å²) >= 11 is 0. The second-order valence-corrected chi connectivity index (χ2v) is 9.09. The number of ether oxygens (including phenoxy) is 1. The van der Waals surface area contributed by atoms with Gasteiger partial charge in [-0.15, -0.1) is 0 Å². The first kappa shape index (κ1) is 21.9. The molecule has 7 heteroatoms. The molecule has 2 heterocycles. The Balaban J connectivity index is 1.79. The van der Waals surface area contributed by atoms with Crippen molar-refractivity contribution in [2.45, 2.75) is 27.3 Å². The van der Waals surface area contributed by atoms with Gasteiger partial charge in [0.25, 0.3) is 0 Å². The fourth-order valence-electron chi connectivity index (χ4n) is 3.78. The number of rotatable bonds is 4. The van der Waals surface area contributed by atoms with E-state index in [1.54, 1.807) is 52.6 Å². The summed E-state index contributed by atoms with van der Waals surface area (Å²) in [6.45, 7) is 6.89. The zero-order chi connectivity index (χ0) is 23.8. The third kappa shape index (κ3) is 4.35. The van der Waals surface area contributed by atoms with Gasteiger partial charge in [-0.05, 0) is 47.4 Å². The van der Waals surface area contributed by atoms with Crippen molar-refractivity contribution in [3.63, 3.8) is 0 Å². The lowest BCUT2D eigenvalue weighted by atomic mass is 9.96. The largest absolute Gasteiger partial charge is 0.439 e. The van der Waals surface area contributed by atoms with Gasteiger partial charge in [0.05, 0.1) is 22.7 Å². The van der Waals surface area contributed by atoms with E-state index in [2.05, 4.69) is 31.8 Å². The average Bonchev–Trinajstić information content (AvgIpc) is 3.02. The van der Waals surface area contributed by atoms with Gasteiger partial charge in [0.2, 0.25) is 5.88 Å². The lowest BCUT2D eigenvalue weighted by molar-refractivity contribution is 0.342. The van der Waals surface area contributed by atoms with Gasteiger partial charge in [0, 0.05) is 25.2 Å². The van der Waals surface area contributed by atoms with Crippen LogP contribution in [0.3, 0.4) is 0 Å². The van der Waals surface area contributed by atoms with Gasteiger partial charge in [-0.1, -0.05) is 32.9 Å². The highest BCUT2D eigenvalue weighted by Crippen LogP contribution is 2.32. The van der Waals surface area contributed by atoms with E-state index in [-0.39, 0.29) is 16.8 Å². The molecule has 0 spiro atoms. The van der Waals surface area contributed by atoms with E-state index < -0.39 is 0 Å². The molecule has 0 aliphatic rings. The Labute approximate surface area is 191 Å². The van der Waals surface area contributed by atoms with E-state index >= 15 is 0 Å². The zero-order valence-corrected chi connectivity index (χ0v) is 19.0. The highest BCUT2D eigenvalue weighted by molar-refractivity contribution is 5.84. The Hall–Kier alpha value is -4.36. The molecule has 0 N–H and O–H groups in total. The molecule has 4 rings (SSSR count). The van der Waals surface area contributed by atoms with Gasteiger partial charge in [-0.25, -0.2) is 9.78 Å². The maximum Gasteiger partial charge on any atom is 0.328 e. The van der Waals surface area contributed by atoms with E-state index in [0.717, 1.165) is 16.6 Å². The van der Waals surface area contributed by atoms with E-state index in [1.807, 2.05) is 24.3 Å². The van der Waals surface area contributed by atoms with Crippen LogP contribution in [-0.4, -0.2) is 14.1 Å². The Morgan fingerprint density at radius 1 is 1.00 bits per heavy atom. The monoisotopic (exact) mass is 437 g/mol. The summed E-state index contributed by atoms with van der Waals surface area (Å²) in [4.78, 5) is 17.0. The molecule has 0 aliphatic heterocycles. The maximum absolute atomic E-state index is 12.9. The number of aromatic nitrogens is 3. The van der Waals surface area contributed by atoms with Crippen molar-refractivity contribution in [3.05, 3.63) is 76.3 Å². The van der Waals surface area contributed by atoms with Gasteiger partial charge in [0.15, 0.2) is 0 Å². The minimum atomic E-state index is -0.0712. The third-order valence-electron chi connectivity index (χ3n) is 5.26. The Morgan fingerprint density at radius 3 is 2.48 bits per heavy atom. The van der Waals surface area contributed by atoms with E-state index in [9.17, 15) is 10.1 Å². The van der Waals surface area contributed by atoms with Crippen LogP contribution in [0.5, 0.6) is 11.6 Å². The van der Waals surface area contributed by atoms with Crippen LogP contribution in [0, 0.1) is 28.1 Å². The Morgan fingerprint density at radius 2 is 1.79 bits per heavy atom. The molecule has 0 saturated carbocycles. The Bertz CT molecular complexity index is 1510. The molecule has 0 atom stereocenters. The average molecular weight is 438 g/mol. The van der Waals surface area contributed by atoms with Crippen LogP contribution >= 0.6 is 0 Å². The highest BCUT2D eigenvalue weighted by atomic mass is 16.5. The summed E-state index contributed by atoms with van der Waals surface area (Å²) in [7, 11) is 1.76. The standard InChI is InChI=1S/C26H23N5O2/c1-26(2,3)16-31-22-11-9-17(12-23(22)30(4)25(31)32)21-13-20(10-8-18(21)14-27)33-24-7-5-6-19(15-28)29-24/h5-13H,16H2,1-4H3. The second kappa shape index (κ2) is 8.29. The molecule has 0 bridgehead atoms. The number of hydrogen-bond acceptors (Lipinski definition) is 5. The minimum Gasteiger partial charge on any atom is -0.439 e. The number of imidazole rings is 1. The number of nitriles is 2. The molecule has 33 heavy (non-hydrogen) atoms. The quantitative estimate of drug-likeness (QED) is 0.448. The second-order valence-electron chi connectivity index (χ2n) is 9.09. The minimum absolute atomic E-state index is 0.0483. The molecule has 0 unspecified atom stereocenters. The van der Waals surface area contributed by atoms with Crippen LogP contribution in [0.15, 0.2) is 59.4 Å². The molecule has 2 aromatic carbocycles. The molecule has 0 radical (unpaired) electrons. The van der Waals surface area contributed by atoms with E-state index in [4.69, 9.17) is 10.00 Å². The molecule has 0 saturated heterocycles. The summed E-state index contributed by atoms with van der Waals surface area (Å²) in [6.07, 6.45) is 0. The van der Waals surface area contributed by atoms with Crippen molar-refractivity contribution in [2.75, 3.05) is 0 Å². The lowest BCUT2D eigenvalue weighted by Gasteiger charge is -2.18. The number of benzene rings is 2. The number of nitrogens with zero attached hydrogens (tertiary/aromatic N) is 5. The molecule has 7 nitrogen and oxygen atoms in total. The van der Waals surface area contributed by atoms with Crippen molar-refractivity contribution >= 4 is 11.0 Å². The zero-order valence-electron chi connectivity index (χ0n) is 19.0. The fourth-order valence-corrected chi connectivity index (χ4v) is 3.78. The third-order valence-corrected chi connectivity index (χ3v) is 5.26. The van der Waals surface area contributed by atoms with Crippen molar-refractivity contribution in [2.24, 2.45) is 12.5 Å². The summed E-state index contributed by atoms with van der Waals surface area (Å²) in [6, 6.07) is 20.1. The molecular formula is C26H23N5O2. The molecular weight excluding hydrogens is 414 g/mol. The molecule has 4 aromatic rings.